The zero-order valence-corrected chi connectivity index (χ0v) is 19.0. The number of rotatable bonds is 7. The van der Waals surface area contributed by atoms with Crippen molar-refractivity contribution in [3.8, 4) is 17.0 Å². The number of anilines is 2. The first kappa shape index (κ1) is 22.9. The van der Waals surface area contributed by atoms with E-state index >= 15 is 0 Å². The van der Waals surface area contributed by atoms with Gasteiger partial charge in [0.2, 0.25) is 5.95 Å². The lowest BCUT2D eigenvalue weighted by Gasteiger charge is -2.07. The standard InChI is InChI=1S/C17H18N8O.C7H8O/c1-24-14(5-8-19-24)21-17-18-7-4-13(20-17)12-6-9-25-15(3-2-10-26)22-23-16(25)11-12;1-8-7-5-3-2-4-6-7/h4-9,11,26H,2-3,10H2,1H3,(H,18,20,21);2-6H,1H3. The van der Waals surface area contributed by atoms with Gasteiger partial charge in [-0.15, -0.1) is 10.2 Å². The van der Waals surface area contributed by atoms with Crippen LogP contribution in [0.15, 0.2) is 73.2 Å². The third-order valence-electron chi connectivity index (χ3n) is 5.03. The summed E-state index contributed by atoms with van der Waals surface area (Å²) in [5, 5.41) is 24.7. The molecule has 0 aliphatic heterocycles. The molecule has 0 amide bonds. The quantitative estimate of drug-likeness (QED) is 0.382. The fraction of sp³-hybridized carbons (Fsp3) is 0.208. The van der Waals surface area contributed by atoms with Gasteiger partial charge in [-0.2, -0.15) is 5.10 Å². The Hall–Kier alpha value is -4.31. The van der Waals surface area contributed by atoms with Crippen LogP contribution in [0.25, 0.3) is 16.9 Å². The first-order chi connectivity index (χ1) is 16.7. The van der Waals surface area contributed by atoms with E-state index in [-0.39, 0.29) is 6.61 Å². The van der Waals surface area contributed by atoms with Crippen molar-refractivity contribution in [3.63, 3.8) is 0 Å². The average molecular weight is 459 g/mol. The number of hydrogen-bond donors (Lipinski definition) is 2. The molecule has 174 valence electrons. The number of para-hydroxylation sites is 1. The van der Waals surface area contributed by atoms with Crippen molar-refractivity contribution < 1.29 is 9.84 Å². The van der Waals surface area contributed by atoms with Crippen molar-refractivity contribution >= 4 is 17.4 Å². The van der Waals surface area contributed by atoms with E-state index in [9.17, 15) is 0 Å². The number of aryl methyl sites for hydroxylation is 2. The van der Waals surface area contributed by atoms with E-state index in [2.05, 4.69) is 30.6 Å². The molecule has 0 aliphatic rings. The molecule has 4 heterocycles. The lowest BCUT2D eigenvalue weighted by molar-refractivity contribution is 0.287. The minimum absolute atomic E-state index is 0.139. The van der Waals surface area contributed by atoms with E-state index in [0.717, 1.165) is 34.3 Å². The molecule has 5 rings (SSSR count). The molecule has 1 aromatic carbocycles. The van der Waals surface area contributed by atoms with Crippen LogP contribution in [0.5, 0.6) is 5.75 Å². The third kappa shape index (κ3) is 5.54. The van der Waals surface area contributed by atoms with Crippen molar-refractivity contribution in [1.82, 2.24) is 34.3 Å². The number of nitrogens with one attached hydrogen (secondary N) is 1. The number of nitrogens with zero attached hydrogens (tertiary/aromatic N) is 7. The number of aromatic nitrogens is 7. The van der Waals surface area contributed by atoms with Gasteiger partial charge in [0, 0.05) is 44.1 Å². The molecule has 2 N–H and O–H groups in total. The van der Waals surface area contributed by atoms with Crippen molar-refractivity contribution in [2.75, 3.05) is 19.0 Å². The van der Waals surface area contributed by atoms with Crippen LogP contribution in [0.4, 0.5) is 11.8 Å². The Morgan fingerprint density at radius 3 is 2.59 bits per heavy atom. The summed E-state index contributed by atoms with van der Waals surface area (Å²) in [6.45, 7) is 0.139. The molecule has 0 atom stereocenters. The van der Waals surface area contributed by atoms with Crippen LogP contribution >= 0.6 is 0 Å². The first-order valence-corrected chi connectivity index (χ1v) is 10.8. The molecule has 0 saturated heterocycles. The molecule has 0 fully saturated rings. The fourth-order valence-electron chi connectivity index (χ4n) is 3.25. The minimum atomic E-state index is 0.139. The lowest BCUT2D eigenvalue weighted by Crippen LogP contribution is -2.03. The van der Waals surface area contributed by atoms with Crippen molar-refractivity contribution in [1.29, 1.82) is 0 Å². The number of hydrogen-bond acceptors (Lipinski definition) is 8. The van der Waals surface area contributed by atoms with E-state index in [0.29, 0.717) is 18.8 Å². The van der Waals surface area contributed by atoms with E-state index in [1.165, 1.54) is 0 Å². The number of aliphatic hydroxyl groups is 1. The maximum absolute atomic E-state index is 8.98. The van der Waals surface area contributed by atoms with Crippen LogP contribution in [-0.4, -0.2) is 53.2 Å². The lowest BCUT2D eigenvalue weighted by atomic mass is 10.2. The van der Waals surface area contributed by atoms with Crippen LogP contribution in [0.2, 0.25) is 0 Å². The van der Waals surface area contributed by atoms with Crippen LogP contribution in [0.3, 0.4) is 0 Å². The van der Waals surface area contributed by atoms with Gasteiger partial charge < -0.3 is 15.2 Å². The molecule has 0 unspecified atom stereocenters. The van der Waals surface area contributed by atoms with Crippen molar-refractivity contribution in [2.45, 2.75) is 12.8 Å². The second-order valence-corrected chi connectivity index (χ2v) is 7.33. The topological polar surface area (TPSA) is 115 Å². The minimum Gasteiger partial charge on any atom is -0.497 e. The van der Waals surface area contributed by atoms with Gasteiger partial charge in [-0.3, -0.25) is 9.08 Å². The number of aliphatic hydroxyl groups excluding tert-OH is 1. The van der Waals surface area contributed by atoms with E-state index in [1.54, 1.807) is 24.2 Å². The Labute approximate surface area is 196 Å². The van der Waals surface area contributed by atoms with Gasteiger partial charge in [0.1, 0.15) is 17.4 Å². The number of benzene rings is 1. The molecule has 10 nitrogen and oxygen atoms in total. The Bertz CT molecular complexity index is 1330. The molecule has 0 aliphatic carbocycles. The van der Waals surface area contributed by atoms with Gasteiger partial charge in [-0.25, -0.2) is 9.97 Å². The average Bonchev–Trinajstić information content (AvgIpc) is 3.49. The molecule has 0 spiro atoms. The van der Waals surface area contributed by atoms with Crippen LogP contribution in [-0.2, 0) is 13.5 Å². The van der Waals surface area contributed by atoms with E-state index in [4.69, 9.17) is 9.84 Å². The van der Waals surface area contributed by atoms with Crippen molar-refractivity contribution in [2.24, 2.45) is 7.05 Å². The van der Waals surface area contributed by atoms with Gasteiger partial charge >= 0.3 is 0 Å². The van der Waals surface area contributed by atoms with E-state index in [1.807, 2.05) is 72.2 Å². The molecule has 0 radical (unpaired) electrons. The van der Waals surface area contributed by atoms with Crippen LogP contribution in [0, 0.1) is 0 Å². The van der Waals surface area contributed by atoms with E-state index < -0.39 is 0 Å². The summed E-state index contributed by atoms with van der Waals surface area (Å²) >= 11 is 0. The summed E-state index contributed by atoms with van der Waals surface area (Å²) in [5.41, 5.74) is 2.45. The number of fused-ring (bicyclic) bond motifs is 1. The Kier molecular flexibility index (Phi) is 7.41. The van der Waals surface area contributed by atoms with Gasteiger partial charge in [0.15, 0.2) is 5.65 Å². The normalized spacial score (nSPS) is 10.6. The van der Waals surface area contributed by atoms with Gasteiger partial charge in [-0.05, 0) is 36.8 Å². The number of methoxy groups -OCH3 is 1. The summed E-state index contributed by atoms with van der Waals surface area (Å²) in [6.07, 6.45) is 6.69. The Balaban J connectivity index is 0.000000291. The third-order valence-corrected chi connectivity index (χ3v) is 5.03. The zero-order chi connectivity index (χ0) is 23.8. The summed E-state index contributed by atoms with van der Waals surface area (Å²) in [6, 6.07) is 17.3. The molecule has 4 aromatic heterocycles. The van der Waals surface area contributed by atoms with Gasteiger partial charge in [0.25, 0.3) is 0 Å². The highest BCUT2D eigenvalue weighted by Crippen LogP contribution is 2.21. The van der Waals surface area contributed by atoms with Crippen molar-refractivity contribution in [3.05, 3.63) is 79.0 Å². The van der Waals surface area contributed by atoms with Gasteiger partial charge in [-0.1, -0.05) is 18.2 Å². The largest absolute Gasteiger partial charge is 0.497 e. The van der Waals surface area contributed by atoms with Gasteiger partial charge in [0.05, 0.1) is 19.0 Å². The summed E-state index contributed by atoms with van der Waals surface area (Å²) in [7, 11) is 3.51. The molecule has 10 heteroatoms. The first-order valence-electron chi connectivity index (χ1n) is 10.8. The predicted octanol–water partition coefficient (Wildman–Crippen LogP) is 3.28. The number of pyridine rings is 1. The monoisotopic (exact) mass is 458 g/mol. The Morgan fingerprint density at radius 2 is 1.88 bits per heavy atom. The molecule has 0 saturated carbocycles. The molecular formula is C24H26N8O2. The maximum Gasteiger partial charge on any atom is 0.228 e. The predicted molar refractivity (Wildman–Crippen MR) is 129 cm³/mol. The second-order valence-electron chi connectivity index (χ2n) is 7.33. The summed E-state index contributed by atoms with van der Waals surface area (Å²) in [4.78, 5) is 8.83. The highest BCUT2D eigenvalue weighted by molar-refractivity contribution is 5.65. The number of ether oxygens (including phenoxy) is 1. The molecule has 34 heavy (non-hydrogen) atoms. The molecule has 5 aromatic rings. The SMILES string of the molecule is COc1ccccc1.Cn1nccc1Nc1nccc(-c2ccn3c(CCCO)nnc3c2)n1. The molecule has 0 bridgehead atoms. The zero-order valence-electron chi connectivity index (χ0n) is 19.0. The summed E-state index contributed by atoms with van der Waals surface area (Å²) < 4.78 is 8.55. The smallest absolute Gasteiger partial charge is 0.228 e. The van der Waals surface area contributed by atoms with Crippen LogP contribution in [0.1, 0.15) is 12.2 Å². The maximum atomic E-state index is 8.98. The highest BCUT2D eigenvalue weighted by atomic mass is 16.5. The summed E-state index contributed by atoms with van der Waals surface area (Å²) in [5.74, 6) is 3.05. The highest BCUT2D eigenvalue weighted by Gasteiger charge is 2.09. The second kappa shape index (κ2) is 11.0. The fourth-order valence-corrected chi connectivity index (χ4v) is 3.25. The molecular weight excluding hydrogens is 432 g/mol. The Morgan fingerprint density at radius 1 is 1.03 bits per heavy atom. The van der Waals surface area contributed by atoms with Crippen LogP contribution < -0.4 is 10.1 Å².